The Bertz CT molecular complexity index is 579. The van der Waals surface area contributed by atoms with Gasteiger partial charge >= 0.3 is 6.09 Å². The highest BCUT2D eigenvalue weighted by Gasteiger charge is 2.39. The summed E-state index contributed by atoms with van der Waals surface area (Å²) in [6.07, 6.45) is 0.206. The molecular formula is C16H22N2O5. The minimum absolute atomic E-state index is 0.0191. The Balaban J connectivity index is 2.07. The van der Waals surface area contributed by atoms with Crippen molar-refractivity contribution in [2.75, 3.05) is 6.54 Å². The van der Waals surface area contributed by atoms with Gasteiger partial charge in [0.15, 0.2) is 0 Å². The zero-order valence-corrected chi connectivity index (χ0v) is 13.6. The lowest BCUT2D eigenvalue weighted by Gasteiger charge is -2.44. The summed E-state index contributed by atoms with van der Waals surface area (Å²) in [4.78, 5) is 23.1. The molecule has 1 amide bonds. The van der Waals surface area contributed by atoms with Gasteiger partial charge in [-0.2, -0.15) is 0 Å². The maximum atomic E-state index is 11.4. The molecule has 1 aliphatic rings. The van der Waals surface area contributed by atoms with E-state index >= 15 is 0 Å². The summed E-state index contributed by atoms with van der Waals surface area (Å²) in [6, 6.07) is 5.84. The van der Waals surface area contributed by atoms with Gasteiger partial charge in [-0.05, 0) is 17.5 Å². The van der Waals surface area contributed by atoms with E-state index in [4.69, 9.17) is 4.74 Å². The second kappa shape index (κ2) is 6.44. The molecule has 2 unspecified atom stereocenters. The molecule has 1 aromatic carbocycles. The third-order valence-electron chi connectivity index (χ3n) is 4.15. The number of benzene rings is 1. The largest absolute Gasteiger partial charge is 0.490 e. The zero-order valence-electron chi connectivity index (χ0n) is 13.6. The summed E-state index contributed by atoms with van der Waals surface area (Å²) >= 11 is 0. The van der Waals surface area contributed by atoms with Gasteiger partial charge in [0.2, 0.25) is 0 Å². The van der Waals surface area contributed by atoms with E-state index in [1.807, 2.05) is 20.8 Å². The first-order valence-corrected chi connectivity index (χ1v) is 7.59. The van der Waals surface area contributed by atoms with Crippen LogP contribution in [0.4, 0.5) is 10.5 Å². The zero-order chi connectivity index (χ0) is 17.2. The molecule has 1 fully saturated rings. The molecule has 2 rings (SSSR count). The predicted octanol–water partition coefficient (Wildman–Crippen LogP) is 3.53. The van der Waals surface area contributed by atoms with E-state index in [1.165, 1.54) is 17.0 Å². The van der Waals surface area contributed by atoms with Crippen molar-refractivity contribution in [3.8, 4) is 5.75 Å². The number of carbonyl (C=O) groups is 1. The molecule has 23 heavy (non-hydrogen) atoms. The summed E-state index contributed by atoms with van der Waals surface area (Å²) in [5.41, 5.74) is -0.166. The molecular weight excluding hydrogens is 300 g/mol. The number of non-ortho nitro benzene ring substituents is 1. The quantitative estimate of drug-likeness (QED) is 0.678. The molecule has 2 atom stereocenters. The minimum Gasteiger partial charge on any atom is -0.490 e. The van der Waals surface area contributed by atoms with Crippen LogP contribution in [-0.2, 0) is 0 Å². The summed E-state index contributed by atoms with van der Waals surface area (Å²) in [5.74, 6) is 0.567. The molecule has 1 aromatic rings. The van der Waals surface area contributed by atoms with Crippen LogP contribution in [0, 0.1) is 15.5 Å². The maximum absolute atomic E-state index is 11.4. The second-order valence-electron chi connectivity index (χ2n) is 6.87. The van der Waals surface area contributed by atoms with E-state index in [1.54, 1.807) is 12.1 Å². The van der Waals surface area contributed by atoms with E-state index in [2.05, 4.69) is 0 Å². The molecule has 0 aromatic heterocycles. The van der Waals surface area contributed by atoms with Crippen molar-refractivity contribution in [1.29, 1.82) is 0 Å². The van der Waals surface area contributed by atoms with Crippen molar-refractivity contribution in [1.82, 2.24) is 4.90 Å². The van der Waals surface area contributed by atoms with E-state index in [0.29, 0.717) is 25.1 Å². The highest BCUT2D eigenvalue weighted by Crippen LogP contribution is 2.33. The number of rotatable bonds is 3. The van der Waals surface area contributed by atoms with Crippen LogP contribution in [0.1, 0.15) is 33.6 Å². The van der Waals surface area contributed by atoms with Crippen molar-refractivity contribution in [2.24, 2.45) is 5.41 Å². The van der Waals surface area contributed by atoms with Gasteiger partial charge in [0.05, 0.1) is 4.92 Å². The average molecular weight is 322 g/mol. The maximum Gasteiger partial charge on any atom is 0.407 e. The number of nitro groups is 1. The highest BCUT2D eigenvalue weighted by molar-refractivity contribution is 5.65. The first kappa shape index (κ1) is 17.1. The van der Waals surface area contributed by atoms with E-state index < -0.39 is 11.0 Å². The van der Waals surface area contributed by atoms with Gasteiger partial charge < -0.3 is 14.7 Å². The molecule has 7 nitrogen and oxygen atoms in total. The van der Waals surface area contributed by atoms with Crippen LogP contribution >= 0.6 is 0 Å². The molecule has 1 heterocycles. The van der Waals surface area contributed by atoms with Crippen molar-refractivity contribution >= 4 is 11.8 Å². The van der Waals surface area contributed by atoms with Crippen molar-refractivity contribution < 1.29 is 19.6 Å². The van der Waals surface area contributed by atoms with Crippen LogP contribution in [0.2, 0.25) is 0 Å². The first-order valence-electron chi connectivity index (χ1n) is 7.59. The van der Waals surface area contributed by atoms with Gasteiger partial charge in [-0.1, -0.05) is 20.8 Å². The number of piperidine rings is 1. The van der Waals surface area contributed by atoms with Gasteiger partial charge in [0.1, 0.15) is 11.9 Å². The molecule has 1 saturated heterocycles. The number of likely N-dealkylation sites (tertiary alicyclic amines) is 1. The van der Waals surface area contributed by atoms with Gasteiger partial charge in [-0.15, -0.1) is 0 Å². The summed E-state index contributed by atoms with van der Waals surface area (Å²) in [5, 5.41) is 20.0. The van der Waals surface area contributed by atoms with Crippen LogP contribution in [0.3, 0.4) is 0 Å². The van der Waals surface area contributed by atoms with E-state index in [9.17, 15) is 20.0 Å². The number of nitrogens with zero attached hydrogens (tertiary/aromatic N) is 2. The summed E-state index contributed by atoms with van der Waals surface area (Å²) in [6.45, 7) is 6.47. The fourth-order valence-electron chi connectivity index (χ4n) is 2.93. The first-order chi connectivity index (χ1) is 10.7. The Kier molecular flexibility index (Phi) is 4.77. The van der Waals surface area contributed by atoms with Gasteiger partial charge in [0.25, 0.3) is 5.69 Å². The number of nitro benzene ring substituents is 1. The second-order valence-corrected chi connectivity index (χ2v) is 6.87. The van der Waals surface area contributed by atoms with Crippen LogP contribution in [0.15, 0.2) is 24.3 Å². The van der Waals surface area contributed by atoms with Crippen molar-refractivity contribution in [3.05, 3.63) is 34.4 Å². The lowest BCUT2D eigenvalue weighted by Crippen LogP contribution is -2.53. The Morgan fingerprint density at radius 2 is 1.96 bits per heavy atom. The molecule has 1 aliphatic heterocycles. The Hall–Kier alpha value is -2.31. The third kappa shape index (κ3) is 4.12. The van der Waals surface area contributed by atoms with E-state index in [0.717, 1.165) is 0 Å². The Morgan fingerprint density at radius 3 is 2.43 bits per heavy atom. The molecule has 0 radical (unpaired) electrons. The van der Waals surface area contributed by atoms with Crippen LogP contribution in [0.25, 0.3) is 0 Å². The third-order valence-corrected chi connectivity index (χ3v) is 4.15. The summed E-state index contributed by atoms with van der Waals surface area (Å²) in [7, 11) is 0. The average Bonchev–Trinajstić information content (AvgIpc) is 2.46. The van der Waals surface area contributed by atoms with Crippen LogP contribution in [0.5, 0.6) is 5.75 Å². The van der Waals surface area contributed by atoms with Gasteiger partial charge in [-0.3, -0.25) is 10.1 Å². The SMILES string of the molecule is CC(C)(C)C1CC(Oc2ccc([N+](=O)[O-])cc2)CCN1C(=O)O. The number of carboxylic acid groups (broad SMARTS) is 1. The number of amides is 1. The molecule has 7 heteroatoms. The van der Waals surface area contributed by atoms with Gasteiger partial charge in [-0.25, -0.2) is 4.79 Å². The Labute approximate surface area is 135 Å². The van der Waals surface area contributed by atoms with Crippen molar-refractivity contribution in [3.63, 3.8) is 0 Å². The lowest BCUT2D eigenvalue weighted by molar-refractivity contribution is -0.384. The monoisotopic (exact) mass is 322 g/mol. The molecule has 1 N–H and O–H groups in total. The molecule has 0 spiro atoms. The fraction of sp³-hybridized carbons (Fsp3) is 0.562. The molecule has 126 valence electrons. The topological polar surface area (TPSA) is 92.9 Å². The fourth-order valence-corrected chi connectivity index (χ4v) is 2.93. The van der Waals surface area contributed by atoms with Crippen LogP contribution in [-0.4, -0.2) is 39.7 Å². The normalized spacial score (nSPS) is 21.8. The standard InChI is InChI=1S/C16H22N2O5/c1-16(2,3)14-10-13(8-9-17(14)15(19)20)23-12-6-4-11(5-7-12)18(21)22/h4-7,13-14H,8-10H2,1-3H3,(H,19,20). The van der Waals surface area contributed by atoms with Gasteiger partial charge in [0, 0.05) is 37.6 Å². The predicted molar refractivity (Wildman–Crippen MR) is 84.7 cm³/mol. The summed E-state index contributed by atoms with van der Waals surface area (Å²) < 4.78 is 5.90. The van der Waals surface area contributed by atoms with E-state index in [-0.39, 0.29) is 23.2 Å². The molecule has 0 bridgehead atoms. The smallest absolute Gasteiger partial charge is 0.407 e. The number of ether oxygens (including phenoxy) is 1. The Morgan fingerprint density at radius 1 is 1.35 bits per heavy atom. The highest BCUT2D eigenvalue weighted by atomic mass is 16.6. The number of hydrogen-bond acceptors (Lipinski definition) is 4. The molecule has 0 aliphatic carbocycles. The lowest BCUT2D eigenvalue weighted by atomic mass is 9.80. The van der Waals surface area contributed by atoms with Crippen molar-refractivity contribution in [2.45, 2.75) is 45.8 Å². The van der Waals surface area contributed by atoms with Crippen LogP contribution < -0.4 is 4.74 Å². The molecule has 0 saturated carbocycles. The minimum atomic E-state index is -0.904. The number of hydrogen-bond donors (Lipinski definition) is 1.